The zero-order valence-electron chi connectivity index (χ0n) is 9.08. The summed E-state index contributed by atoms with van der Waals surface area (Å²) in [6.07, 6.45) is 0.665. The summed E-state index contributed by atoms with van der Waals surface area (Å²) in [5.74, 6) is -0.257. The molecule has 0 aromatic heterocycles. The van der Waals surface area contributed by atoms with Gasteiger partial charge in [-0.2, -0.15) is 0 Å². The van der Waals surface area contributed by atoms with E-state index in [9.17, 15) is 8.60 Å². The number of rotatable bonds is 5. The van der Waals surface area contributed by atoms with Crippen LogP contribution in [0.25, 0.3) is 0 Å². The lowest BCUT2D eigenvalue weighted by Gasteiger charge is -2.11. The van der Waals surface area contributed by atoms with E-state index in [0.717, 1.165) is 0 Å². The molecular formula is C11H15ClFNOS. The molecule has 0 radical (unpaired) electrons. The molecule has 0 saturated heterocycles. The molecule has 0 amide bonds. The third-order valence-electron chi connectivity index (χ3n) is 2.37. The van der Waals surface area contributed by atoms with Gasteiger partial charge in [0.1, 0.15) is 5.82 Å². The van der Waals surface area contributed by atoms with E-state index < -0.39 is 16.6 Å². The molecule has 1 aromatic rings. The zero-order valence-corrected chi connectivity index (χ0v) is 10.7. The highest BCUT2D eigenvalue weighted by Crippen LogP contribution is 2.21. The summed E-state index contributed by atoms with van der Waals surface area (Å²) in [4.78, 5) is 0. The SMILES string of the molecule is CC(CCN)S(=O)Cc1c(F)cccc1Cl. The molecule has 0 saturated carbocycles. The summed E-state index contributed by atoms with van der Waals surface area (Å²) in [7, 11) is -1.14. The smallest absolute Gasteiger partial charge is 0.128 e. The Labute approximate surface area is 102 Å². The Morgan fingerprint density at radius 1 is 1.56 bits per heavy atom. The average molecular weight is 264 g/mol. The van der Waals surface area contributed by atoms with E-state index in [1.165, 1.54) is 12.1 Å². The van der Waals surface area contributed by atoms with Crippen molar-refractivity contribution in [2.24, 2.45) is 5.73 Å². The van der Waals surface area contributed by atoms with Crippen LogP contribution in [0, 0.1) is 5.82 Å². The first kappa shape index (κ1) is 13.6. The maximum absolute atomic E-state index is 13.4. The van der Waals surface area contributed by atoms with E-state index in [1.54, 1.807) is 6.07 Å². The van der Waals surface area contributed by atoms with Crippen molar-refractivity contribution in [3.63, 3.8) is 0 Å². The lowest BCUT2D eigenvalue weighted by Crippen LogP contribution is -2.17. The fraction of sp³-hybridized carbons (Fsp3) is 0.455. The lowest BCUT2D eigenvalue weighted by molar-refractivity contribution is 0.614. The van der Waals surface area contributed by atoms with Crippen LogP contribution in [-0.4, -0.2) is 16.0 Å². The van der Waals surface area contributed by atoms with E-state index in [1.807, 2.05) is 6.92 Å². The van der Waals surface area contributed by atoms with E-state index in [4.69, 9.17) is 17.3 Å². The molecule has 0 aliphatic heterocycles. The van der Waals surface area contributed by atoms with Gasteiger partial charge in [0.2, 0.25) is 0 Å². The molecular weight excluding hydrogens is 249 g/mol. The van der Waals surface area contributed by atoms with Gasteiger partial charge in [0.15, 0.2) is 0 Å². The highest BCUT2D eigenvalue weighted by atomic mass is 35.5. The molecule has 5 heteroatoms. The Morgan fingerprint density at radius 2 is 2.25 bits per heavy atom. The fourth-order valence-corrected chi connectivity index (χ4v) is 2.89. The van der Waals surface area contributed by atoms with Crippen molar-refractivity contribution in [2.75, 3.05) is 6.54 Å². The van der Waals surface area contributed by atoms with Crippen molar-refractivity contribution >= 4 is 22.4 Å². The molecule has 2 atom stereocenters. The standard InChI is InChI=1S/C11H15ClFNOS/c1-8(5-6-14)16(15)7-9-10(12)3-2-4-11(9)13/h2-4,8H,5-7,14H2,1H3. The van der Waals surface area contributed by atoms with Gasteiger partial charge in [0, 0.05) is 26.6 Å². The normalized spacial score (nSPS) is 14.8. The van der Waals surface area contributed by atoms with Gasteiger partial charge in [0.25, 0.3) is 0 Å². The third kappa shape index (κ3) is 3.54. The molecule has 0 aliphatic carbocycles. The van der Waals surface area contributed by atoms with Crippen LogP contribution in [0.3, 0.4) is 0 Å². The third-order valence-corrected chi connectivity index (χ3v) is 4.43. The number of halogens is 2. The molecule has 2 unspecified atom stereocenters. The fourth-order valence-electron chi connectivity index (χ4n) is 1.32. The summed E-state index contributed by atoms with van der Waals surface area (Å²) in [5.41, 5.74) is 5.71. The highest BCUT2D eigenvalue weighted by Gasteiger charge is 2.15. The summed E-state index contributed by atoms with van der Waals surface area (Å²) in [6, 6.07) is 4.46. The maximum Gasteiger partial charge on any atom is 0.128 e. The Morgan fingerprint density at radius 3 is 2.81 bits per heavy atom. The lowest BCUT2D eigenvalue weighted by atomic mass is 10.2. The van der Waals surface area contributed by atoms with Crippen LogP contribution in [0.2, 0.25) is 5.02 Å². The molecule has 90 valence electrons. The van der Waals surface area contributed by atoms with E-state index in [0.29, 0.717) is 23.6 Å². The average Bonchev–Trinajstić information content (AvgIpc) is 2.23. The molecule has 0 spiro atoms. The van der Waals surface area contributed by atoms with Gasteiger partial charge in [-0.05, 0) is 25.1 Å². The van der Waals surface area contributed by atoms with Gasteiger partial charge < -0.3 is 5.73 Å². The second-order valence-electron chi connectivity index (χ2n) is 3.61. The highest BCUT2D eigenvalue weighted by molar-refractivity contribution is 7.84. The van der Waals surface area contributed by atoms with Gasteiger partial charge in [-0.15, -0.1) is 0 Å². The summed E-state index contributed by atoms with van der Waals surface area (Å²) >= 11 is 5.86. The molecule has 0 bridgehead atoms. The second kappa shape index (κ2) is 6.33. The minimum Gasteiger partial charge on any atom is -0.330 e. The molecule has 2 nitrogen and oxygen atoms in total. The van der Waals surface area contributed by atoms with Crippen molar-refractivity contribution in [3.05, 3.63) is 34.6 Å². The molecule has 16 heavy (non-hydrogen) atoms. The Bertz CT molecular complexity index is 366. The summed E-state index contributed by atoms with van der Waals surface area (Å²) < 4.78 is 25.3. The Kier molecular flexibility index (Phi) is 5.38. The van der Waals surface area contributed by atoms with Gasteiger partial charge in [-0.3, -0.25) is 4.21 Å². The topological polar surface area (TPSA) is 43.1 Å². The summed E-state index contributed by atoms with van der Waals surface area (Å²) in [5, 5.41) is 0.286. The molecule has 1 aromatic carbocycles. The minimum absolute atomic E-state index is 0.0410. The number of hydrogen-bond acceptors (Lipinski definition) is 2. The van der Waals surface area contributed by atoms with Crippen LogP contribution in [0.1, 0.15) is 18.9 Å². The quantitative estimate of drug-likeness (QED) is 0.887. The monoisotopic (exact) mass is 263 g/mol. The number of benzene rings is 1. The van der Waals surface area contributed by atoms with E-state index in [-0.39, 0.29) is 11.0 Å². The zero-order chi connectivity index (χ0) is 12.1. The maximum atomic E-state index is 13.4. The van der Waals surface area contributed by atoms with Crippen molar-refractivity contribution in [2.45, 2.75) is 24.3 Å². The van der Waals surface area contributed by atoms with Crippen molar-refractivity contribution in [3.8, 4) is 0 Å². The van der Waals surface area contributed by atoms with Crippen LogP contribution in [0.15, 0.2) is 18.2 Å². The predicted octanol–water partition coefficient (Wildman–Crippen LogP) is 2.47. The van der Waals surface area contributed by atoms with Crippen LogP contribution >= 0.6 is 11.6 Å². The number of hydrogen-bond donors (Lipinski definition) is 1. The van der Waals surface area contributed by atoms with Gasteiger partial charge in [0.05, 0.1) is 5.75 Å². The molecule has 1 rings (SSSR count). The van der Waals surface area contributed by atoms with Crippen LogP contribution in [0.4, 0.5) is 4.39 Å². The predicted molar refractivity (Wildman–Crippen MR) is 66.4 cm³/mol. The molecule has 0 heterocycles. The van der Waals surface area contributed by atoms with E-state index in [2.05, 4.69) is 0 Å². The van der Waals surface area contributed by atoms with Crippen molar-refractivity contribution in [1.82, 2.24) is 0 Å². The number of nitrogens with two attached hydrogens (primary N) is 1. The first-order valence-corrected chi connectivity index (χ1v) is 6.82. The minimum atomic E-state index is -1.14. The first-order valence-electron chi connectivity index (χ1n) is 5.06. The van der Waals surface area contributed by atoms with Crippen molar-refractivity contribution in [1.29, 1.82) is 0 Å². The van der Waals surface area contributed by atoms with Crippen LogP contribution in [0.5, 0.6) is 0 Å². The van der Waals surface area contributed by atoms with Gasteiger partial charge in [-0.25, -0.2) is 4.39 Å². The molecule has 2 N–H and O–H groups in total. The largest absolute Gasteiger partial charge is 0.330 e. The summed E-state index contributed by atoms with van der Waals surface area (Å²) in [6.45, 7) is 2.33. The van der Waals surface area contributed by atoms with Gasteiger partial charge in [-0.1, -0.05) is 24.6 Å². The molecule has 0 aliphatic rings. The van der Waals surface area contributed by atoms with Crippen LogP contribution in [-0.2, 0) is 16.6 Å². The second-order valence-corrected chi connectivity index (χ2v) is 5.88. The molecule has 0 fully saturated rings. The van der Waals surface area contributed by atoms with Crippen LogP contribution < -0.4 is 5.73 Å². The van der Waals surface area contributed by atoms with E-state index >= 15 is 0 Å². The van der Waals surface area contributed by atoms with Crippen molar-refractivity contribution < 1.29 is 8.60 Å². The Balaban J connectivity index is 2.77. The first-order chi connectivity index (χ1) is 7.56. The van der Waals surface area contributed by atoms with Gasteiger partial charge >= 0.3 is 0 Å². The Hall–Kier alpha value is -0.450.